The molecule has 2 aromatic heterocycles. The molecule has 68 valence electrons. The first-order valence-corrected chi connectivity index (χ1v) is 4.54. The summed E-state index contributed by atoms with van der Waals surface area (Å²) in [6, 6.07) is 0. The van der Waals surface area contributed by atoms with Crippen molar-refractivity contribution in [3.63, 3.8) is 0 Å². The summed E-state index contributed by atoms with van der Waals surface area (Å²) in [6.07, 6.45) is 9.25. The van der Waals surface area contributed by atoms with Crippen LogP contribution in [0.15, 0.2) is 37.4 Å². The standard InChI is InChI=1S/C3H3N2O2P.C3H4N2/c6-8(7)5-2-1-4-3-5;1-2-5-3-4-1/h1-3H;1-3H,(H,4,5)/p+1. The lowest BCUT2D eigenvalue weighted by molar-refractivity contribution is 0.494. The Morgan fingerprint density at radius 2 is 2.23 bits per heavy atom. The number of H-pyrrole nitrogens is 1. The fraction of sp³-hybridized carbons (Fsp3) is 0. The lowest BCUT2D eigenvalue weighted by atomic mass is 11.0. The van der Waals surface area contributed by atoms with Crippen LogP contribution in [0, 0.1) is 0 Å². The van der Waals surface area contributed by atoms with Crippen LogP contribution in [0.2, 0.25) is 0 Å². The van der Waals surface area contributed by atoms with Gasteiger partial charge in [-0.05, 0) is 4.57 Å². The SMILES string of the molecule is O=[P+](O)n1ccnc1.c1c[nH]cn1. The third-order valence-corrected chi connectivity index (χ3v) is 1.73. The van der Waals surface area contributed by atoms with Gasteiger partial charge in [0.15, 0.2) is 0 Å². The van der Waals surface area contributed by atoms with E-state index in [9.17, 15) is 4.57 Å². The number of aromatic amines is 1. The van der Waals surface area contributed by atoms with E-state index >= 15 is 0 Å². The molecule has 0 amide bonds. The fourth-order valence-corrected chi connectivity index (χ4v) is 0.890. The molecule has 0 saturated carbocycles. The van der Waals surface area contributed by atoms with Crippen molar-refractivity contribution in [2.75, 3.05) is 0 Å². The van der Waals surface area contributed by atoms with Crippen molar-refractivity contribution in [2.45, 2.75) is 0 Å². The lowest BCUT2D eigenvalue weighted by Gasteiger charge is -1.69. The fourth-order valence-electron chi connectivity index (χ4n) is 0.568. The number of imidazole rings is 2. The molecular weight excluding hydrogens is 191 g/mol. The van der Waals surface area contributed by atoms with Gasteiger partial charge in [-0.1, -0.05) is 0 Å². The average molecular weight is 199 g/mol. The Hall–Kier alpha value is -1.52. The van der Waals surface area contributed by atoms with Crippen LogP contribution in [-0.4, -0.2) is 24.2 Å². The number of hydrogen-bond donors (Lipinski definition) is 2. The van der Waals surface area contributed by atoms with E-state index in [0.29, 0.717) is 0 Å². The maximum Gasteiger partial charge on any atom is 0.648 e. The molecule has 7 heteroatoms. The van der Waals surface area contributed by atoms with E-state index in [-0.39, 0.29) is 0 Å². The van der Waals surface area contributed by atoms with Gasteiger partial charge in [-0.3, -0.25) is 0 Å². The molecule has 0 bridgehead atoms. The quantitative estimate of drug-likeness (QED) is 0.665. The molecule has 2 N–H and O–H groups in total. The summed E-state index contributed by atoms with van der Waals surface area (Å²) in [5.74, 6) is 0. The van der Waals surface area contributed by atoms with Gasteiger partial charge in [0, 0.05) is 18.6 Å². The zero-order chi connectivity index (χ0) is 9.52. The molecule has 0 spiro atoms. The van der Waals surface area contributed by atoms with E-state index in [1.807, 2.05) is 0 Å². The predicted octanol–water partition coefficient (Wildman–Crippen LogP) is 0.791. The maximum atomic E-state index is 10.1. The zero-order valence-corrected chi connectivity index (χ0v) is 7.50. The largest absolute Gasteiger partial charge is 0.648 e. The molecule has 1 atom stereocenters. The van der Waals surface area contributed by atoms with E-state index in [1.54, 1.807) is 18.7 Å². The number of aromatic nitrogens is 4. The zero-order valence-electron chi connectivity index (χ0n) is 6.61. The first-order chi connectivity index (χ1) is 6.30. The highest BCUT2D eigenvalue weighted by atomic mass is 31.1. The van der Waals surface area contributed by atoms with Gasteiger partial charge in [0.25, 0.3) is 0 Å². The van der Waals surface area contributed by atoms with E-state index in [2.05, 4.69) is 15.0 Å². The molecule has 6 nitrogen and oxygen atoms in total. The lowest BCUT2D eigenvalue weighted by Crippen LogP contribution is -1.75. The Morgan fingerprint density at radius 1 is 1.38 bits per heavy atom. The summed E-state index contributed by atoms with van der Waals surface area (Å²) >= 11 is 0. The molecule has 0 fully saturated rings. The summed E-state index contributed by atoms with van der Waals surface area (Å²) in [4.78, 5) is 18.3. The Bertz CT molecular complexity index is 314. The van der Waals surface area contributed by atoms with Crippen molar-refractivity contribution in [2.24, 2.45) is 0 Å². The molecule has 13 heavy (non-hydrogen) atoms. The molecule has 0 aliphatic heterocycles. The van der Waals surface area contributed by atoms with Crippen LogP contribution in [0.4, 0.5) is 0 Å². The van der Waals surface area contributed by atoms with Crippen LogP contribution < -0.4 is 0 Å². The first-order valence-electron chi connectivity index (χ1n) is 3.38. The van der Waals surface area contributed by atoms with Gasteiger partial charge in [0.05, 0.1) is 12.5 Å². The number of nitrogens with one attached hydrogen (secondary N) is 1. The molecular formula is C6H8N4O2P+. The topological polar surface area (TPSA) is 83.8 Å². The molecule has 2 rings (SSSR count). The Morgan fingerprint density at radius 3 is 2.46 bits per heavy atom. The molecule has 0 saturated heterocycles. The third kappa shape index (κ3) is 3.59. The summed E-state index contributed by atoms with van der Waals surface area (Å²) < 4.78 is 11.3. The normalized spacial score (nSPS) is 10.1. The maximum absolute atomic E-state index is 10.1. The molecule has 0 aliphatic carbocycles. The molecule has 0 radical (unpaired) electrons. The monoisotopic (exact) mass is 199 g/mol. The van der Waals surface area contributed by atoms with Crippen LogP contribution in [0.3, 0.4) is 0 Å². The Balaban J connectivity index is 0.000000145. The smallest absolute Gasteiger partial charge is 0.351 e. The van der Waals surface area contributed by atoms with Crippen molar-refractivity contribution in [3.05, 3.63) is 37.4 Å². The minimum absolute atomic E-state index is 1.12. The van der Waals surface area contributed by atoms with Crippen molar-refractivity contribution in [1.82, 2.24) is 19.3 Å². The van der Waals surface area contributed by atoms with Gasteiger partial charge in [-0.25, -0.2) is 9.97 Å². The third-order valence-electron chi connectivity index (χ3n) is 1.09. The van der Waals surface area contributed by atoms with E-state index in [1.165, 1.54) is 18.7 Å². The minimum atomic E-state index is -2.25. The number of hydrogen-bond acceptors (Lipinski definition) is 3. The van der Waals surface area contributed by atoms with E-state index in [0.717, 1.165) is 4.34 Å². The van der Waals surface area contributed by atoms with Crippen LogP contribution in [-0.2, 0) is 4.57 Å². The summed E-state index contributed by atoms with van der Waals surface area (Å²) in [7, 11) is -2.25. The summed E-state index contributed by atoms with van der Waals surface area (Å²) in [5.41, 5.74) is 0. The summed E-state index contributed by atoms with van der Waals surface area (Å²) in [6.45, 7) is 0. The average Bonchev–Trinajstić information content (AvgIpc) is 2.82. The minimum Gasteiger partial charge on any atom is -0.351 e. The predicted molar refractivity (Wildman–Crippen MR) is 46.0 cm³/mol. The van der Waals surface area contributed by atoms with Gasteiger partial charge in [-0.15, -0.1) is 9.23 Å². The second kappa shape index (κ2) is 5.18. The second-order valence-electron chi connectivity index (χ2n) is 1.96. The number of rotatable bonds is 1. The highest BCUT2D eigenvalue weighted by Crippen LogP contribution is 2.14. The van der Waals surface area contributed by atoms with Crippen LogP contribution in [0.25, 0.3) is 0 Å². The van der Waals surface area contributed by atoms with Crippen molar-refractivity contribution >= 4 is 8.18 Å². The van der Waals surface area contributed by atoms with Gasteiger partial charge >= 0.3 is 8.18 Å². The van der Waals surface area contributed by atoms with Crippen LogP contribution in [0.1, 0.15) is 0 Å². The molecule has 0 aliphatic rings. The Kier molecular flexibility index (Phi) is 3.81. The van der Waals surface area contributed by atoms with Crippen molar-refractivity contribution < 1.29 is 9.46 Å². The van der Waals surface area contributed by atoms with E-state index < -0.39 is 8.18 Å². The van der Waals surface area contributed by atoms with Gasteiger partial charge < -0.3 is 4.98 Å². The molecule has 1 unspecified atom stereocenters. The van der Waals surface area contributed by atoms with Gasteiger partial charge in [-0.2, -0.15) is 0 Å². The second-order valence-corrected chi connectivity index (χ2v) is 2.92. The van der Waals surface area contributed by atoms with Crippen LogP contribution in [0.5, 0.6) is 0 Å². The molecule has 2 aromatic rings. The van der Waals surface area contributed by atoms with Gasteiger partial charge in [0.1, 0.15) is 6.33 Å². The van der Waals surface area contributed by atoms with Gasteiger partial charge in [0.2, 0.25) is 0 Å². The highest BCUT2D eigenvalue weighted by Gasteiger charge is 2.10. The molecule has 0 aromatic carbocycles. The van der Waals surface area contributed by atoms with Crippen molar-refractivity contribution in [1.29, 1.82) is 0 Å². The highest BCUT2D eigenvalue weighted by molar-refractivity contribution is 7.36. The van der Waals surface area contributed by atoms with E-state index in [4.69, 9.17) is 4.89 Å². The molecule has 2 heterocycles. The van der Waals surface area contributed by atoms with Crippen LogP contribution >= 0.6 is 8.18 Å². The Labute approximate surface area is 75.2 Å². The number of nitrogens with zero attached hydrogens (tertiary/aromatic N) is 3. The summed E-state index contributed by atoms with van der Waals surface area (Å²) in [5, 5.41) is 0. The first kappa shape index (κ1) is 9.57. The van der Waals surface area contributed by atoms with Crippen molar-refractivity contribution in [3.8, 4) is 0 Å².